The number of pyridine rings is 1. The second kappa shape index (κ2) is 14.9. The van der Waals surface area contributed by atoms with E-state index in [1.54, 1.807) is 45.9 Å². The predicted octanol–water partition coefficient (Wildman–Crippen LogP) is 9.32. The molecule has 0 saturated heterocycles. The van der Waals surface area contributed by atoms with Gasteiger partial charge in [0.1, 0.15) is 17.1 Å². The third-order valence-electron chi connectivity index (χ3n) is 8.72. The second-order valence-electron chi connectivity index (χ2n) is 14.5. The first-order chi connectivity index (χ1) is 23.3. The molecule has 1 aromatic heterocycles. The second-order valence-corrected chi connectivity index (χ2v) is 19.8. The predicted molar refractivity (Wildman–Crippen MR) is 196 cm³/mol. The number of hydrogen-bond donors (Lipinski definition) is 1. The Morgan fingerprint density at radius 1 is 1.06 bits per heavy atom. The number of ether oxygens (including phenoxy) is 1. The van der Waals surface area contributed by atoms with Gasteiger partial charge in [-0.15, -0.1) is 0 Å². The first kappa shape index (κ1) is 38.5. The third-order valence-corrected chi connectivity index (χ3v) is 13.5. The van der Waals surface area contributed by atoms with Crippen LogP contribution in [-0.2, 0) is 9.16 Å². The van der Waals surface area contributed by atoms with Gasteiger partial charge in [0.2, 0.25) is 0 Å². The maximum absolute atomic E-state index is 16.1. The van der Waals surface area contributed by atoms with Gasteiger partial charge in [0, 0.05) is 49.2 Å². The van der Waals surface area contributed by atoms with Gasteiger partial charge in [0.15, 0.2) is 20.0 Å². The molecule has 0 radical (unpaired) electrons. The zero-order chi connectivity index (χ0) is 37.2. The molecule has 0 bridgehead atoms. The average Bonchev–Trinajstić information content (AvgIpc) is 3.10. The Balaban J connectivity index is 1.62. The van der Waals surface area contributed by atoms with E-state index in [0.717, 1.165) is 17.0 Å². The van der Waals surface area contributed by atoms with E-state index >= 15 is 8.78 Å². The lowest BCUT2D eigenvalue weighted by Crippen LogP contribution is -2.45. The summed E-state index contributed by atoms with van der Waals surface area (Å²) in [7, 11) is -2.07. The van der Waals surface area contributed by atoms with E-state index in [4.69, 9.17) is 20.8 Å². The maximum atomic E-state index is 16.1. The first-order valence-corrected chi connectivity index (χ1v) is 19.7. The highest BCUT2D eigenvalue weighted by molar-refractivity contribution is 6.74. The molecule has 1 N–H and O–H groups in total. The number of halogens is 3. The Hall–Kier alpha value is -4.25. The monoisotopic (exact) mass is 726 g/mol. The quantitative estimate of drug-likeness (QED) is 0.207. The number of anilines is 4. The van der Waals surface area contributed by atoms with Crippen LogP contribution in [0.25, 0.3) is 11.1 Å². The summed E-state index contributed by atoms with van der Waals surface area (Å²) < 4.78 is 44.1. The van der Waals surface area contributed by atoms with Gasteiger partial charge in [-0.25, -0.2) is 23.4 Å². The summed E-state index contributed by atoms with van der Waals surface area (Å²) in [6, 6.07) is 9.61. The summed E-state index contributed by atoms with van der Waals surface area (Å²) in [5.41, 5.74) is -0.0695. The van der Waals surface area contributed by atoms with Gasteiger partial charge in [-0.2, -0.15) is 5.26 Å². The number of hydrogen-bond acceptors (Lipinski definition) is 7. The number of rotatable bonds is 10. The molecule has 0 spiro atoms. The molecule has 0 atom stereocenters. The molecule has 3 aromatic rings. The van der Waals surface area contributed by atoms with E-state index in [2.05, 4.69) is 44.2 Å². The number of urea groups is 1. The van der Waals surface area contributed by atoms with Crippen LogP contribution in [0.15, 0.2) is 42.6 Å². The van der Waals surface area contributed by atoms with Crippen LogP contribution < -0.4 is 15.1 Å². The van der Waals surface area contributed by atoms with E-state index in [1.165, 1.54) is 22.1 Å². The van der Waals surface area contributed by atoms with Crippen LogP contribution in [0.2, 0.25) is 23.2 Å². The summed E-state index contributed by atoms with van der Waals surface area (Å²) in [5.74, 6) is -1.78. The number of nitrogens with zero attached hydrogens (tertiary/aromatic N) is 5. The highest BCUT2D eigenvalue weighted by Crippen LogP contribution is 2.46. The lowest BCUT2D eigenvalue weighted by molar-refractivity contribution is 0.0230. The number of amides is 3. The summed E-state index contributed by atoms with van der Waals surface area (Å²) in [5, 5.41) is 12.9. The summed E-state index contributed by atoms with van der Waals surface area (Å²) in [6.45, 7) is 18.7. The van der Waals surface area contributed by atoms with Gasteiger partial charge in [-0.1, -0.05) is 38.4 Å². The summed E-state index contributed by atoms with van der Waals surface area (Å²) in [4.78, 5) is 35.3. The molecule has 0 saturated carbocycles. The first-order valence-electron chi connectivity index (χ1n) is 16.4. The molecule has 4 rings (SSSR count). The van der Waals surface area contributed by atoms with E-state index in [-0.39, 0.29) is 54.0 Å². The molecule has 2 aromatic carbocycles. The van der Waals surface area contributed by atoms with Crippen molar-refractivity contribution in [2.24, 2.45) is 0 Å². The Labute approximate surface area is 299 Å². The Morgan fingerprint density at radius 3 is 2.30 bits per heavy atom. The fourth-order valence-corrected chi connectivity index (χ4v) is 6.33. The Kier molecular flexibility index (Phi) is 11.5. The number of nitrogens with one attached hydrogen (secondary N) is 1. The SMILES string of the molecule is CCN1C(=O)N(c2c(F)cc(NCCN(CCO[Si](C)(C)C(C)(C)C)C(=O)OC(C)(C)C)cc2F)c2cc(C#N)ccc2-c2cc(Cl)cnc21. The van der Waals surface area contributed by atoms with Crippen molar-refractivity contribution in [2.75, 3.05) is 47.9 Å². The lowest BCUT2D eigenvalue weighted by Gasteiger charge is -2.37. The molecular formula is C36H45ClF2N6O4Si. The van der Waals surface area contributed by atoms with Crippen LogP contribution >= 0.6 is 11.6 Å². The zero-order valence-corrected chi connectivity index (χ0v) is 31.8. The molecule has 2 heterocycles. The van der Waals surface area contributed by atoms with Crippen molar-refractivity contribution in [2.45, 2.75) is 72.2 Å². The van der Waals surface area contributed by atoms with E-state index in [9.17, 15) is 14.9 Å². The topological polar surface area (TPSA) is 111 Å². The molecule has 50 heavy (non-hydrogen) atoms. The zero-order valence-electron chi connectivity index (χ0n) is 30.1. The van der Waals surface area contributed by atoms with Crippen molar-refractivity contribution in [3.05, 3.63) is 64.8 Å². The van der Waals surface area contributed by atoms with Crippen molar-refractivity contribution in [1.82, 2.24) is 9.88 Å². The van der Waals surface area contributed by atoms with Crippen LogP contribution in [-0.4, -0.2) is 68.7 Å². The molecule has 10 nitrogen and oxygen atoms in total. The van der Waals surface area contributed by atoms with Crippen molar-refractivity contribution < 1.29 is 27.5 Å². The van der Waals surface area contributed by atoms with Gasteiger partial charge in [-0.05, 0) is 76.2 Å². The molecule has 268 valence electrons. The van der Waals surface area contributed by atoms with Gasteiger partial charge < -0.3 is 19.4 Å². The molecule has 0 fully saturated rings. The van der Waals surface area contributed by atoms with Crippen molar-refractivity contribution in [1.29, 1.82) is 5.26 Å². The maximum Gasteiger partial charge on any atom is 0.410 e. The molecule has 0 aliphatic carbocycles. The normalized spacial score (nSPS) is 13.3. The highest BCUT2D eigenvalue weighted by Gasteiger charge is 2.38. The Morgan fingerprint density at radius 2 is 1.72 bits per heavy atom. The van der Waals surface area contributed by atoms with E-state index in [0.29, 0.717) is 22.8 Å². The average molecular weight is 727 g/mol. The number of carbonyl (C=O) groups is 2. The summed E-state index contributed by atoms with van der Waals surface area (Å²) >= 11 is 6.28. The molecular weight excluding hydrogens is 682 g/mol. The van der Waals surface area contributed by atoms with Gasteiger partial charge in [0.25, 0.3) is 0 Å². The number of carbonyl (C=O) groups excluding carboxylic acids is 2. The van der Waals surface area contributed by atoms with Gasteiger partial charge in [-0.3, -0.25) is 9.80 Å². The van der Waals surface area contributed by atoms with Crippen LogP contribution in [0.4, 0.5) is 41.2 Å². The minimum Gasteiger partial charge on any atom is -0.444 e. The number of nitriles is 1. The fourth-order valence-electron chi connectivity index (χ4n) is 5.14. The number of aromatic nitrogens is 1. The van der Waals surface area contributed by atoms with Crippen LogP contribution in [0.1, 0.15) is 54.0 Å². The highest BCUT2D eigenvalue weighted by atomic mass is 35.5. The van der Waals surface area contributed by atoms with Gasteiger partial charge >= 0.3 is 12.1 Å². The molecule has 1 aliphatic heterocycles. The molecule has 14 heteroatoms. The lowest BCUT2D eigenvalue weighted by atomic mass is 10.0. The minimum absolute atomic E-state index is 0.00689. The van der Waals surface area contributed by atoms with Crippen LogP contribution in [0.3, 0.4) is 0 Å². The standard InChI is InChI=1S/C36H45ClF2N6O4Si/c1-10-44-32-27(18-24(37)22-42-32)26-12-11-23(21-40)17-30(26)45(33(44)46)31-28(38)19-25(20-29(31)39)41-13-14-43(34(47)49-35(2,3)4)15-16-48-50(8,9)36(5,6)7/h11-12,17-20,22,41H,10,13-16H2,1-9H3. The molecule has 0 unspecified atom stereocenters. The van der Waals surface area contributed by atoms with Crippen molar-refractivity contribution >= 4 is 54.9 Å². The van der Waals surface area contributed by atoms with E-state index in [1.807, 2.05) is 6.07 Å². The third kappa shape index (κ3) is 8.54. The number of fused-ring (bicyclic) bond motifs is 3. The van der Waals surface area contributed by atoms with Crippen molar-refractivity contribution in [3.63, 3.8) is 0 Å². The van der Waals surface area contributed by atoms with E-state index < -0.39 is 43.4 Å². The Bertz CT molecular complexity index is 1780. The van der Waals surface area contributed by atoms with Crippen molar-refractivity contribution in [3.8, 4) is 17.2 Å². The summed E-state index contributed by atoms with van der Waals surface area (Å²) in [6.07, 6.45) is 0.862. The smallest absolute Gasteiger partial charge is 0.410 e. The largest absolute Gasteiger partial charge is 0.444 e. The van der Waals surface area contributed by atoms with Gasteiger partial charge in [0.05, 0.1) is 28.9 Å². The molecule has 3 amide bonds. The fraction of sp³-hybridized carbons (Fsp3) is 0.444. The minimum atomic E-state index is -2.07. The number of benzene rings is 2. The van der Waals surface area contributed by atoms with Crippen LogP contribution in [0.5, 0.6) is 0 Å². The van der Waals surface area contributed by atoms with Crippen LogP contribution in [0, 0.1) is 23.0 Å². The molecule has 1 aliphatic rings.